The van der Waals surface area contributed by atoms with Gasteiger partial charge in [-0.05, 0) is 31.7 Å². The van der Waals surface area contributed by atoms with Gasteiger partial charge in [0.15, 0.2) is 0 Å². The fraction of sp³-hybridized carbons (Fsp3) is 1.00. The second-order valence-corrected chi connectivity index (χ2v) is 11.5. The minimum Gasteiger partial charge on any atom is -0.392 e. The lowest BCUT2D eigenvalue weighted by atomic mass is 9.41. The summed E-state index contributed by atoms with van der Waals surface area (Å²) in [4.78, 5) is 2.59. The topological polar surface area (TPSA) is 71.4 Å². The molecule has 0 aromatic heterocycles. The van der Waals surface area contributed by atoms with Gasteiger partial charge in [-0.25, -0.2) is 0 Å². The van der Waals surface area contributed by atoms with Crippen LogP contribution in [0.15, 0.2) is 0 Å². The summed E-state index contributed by atoms with van der Waals surface area (Å²) in [6.45, 7) is 5.60. The zero-order chi connectivity index (χ0) is 20.1. The van der Waals surface area contributed by atoms with Gasteiger partial charge >= 0.3 is 0 Å². The highest BCUT2D eigenvalue weighted by Gasteiger charge is 2.89. The summed E-state index contributed by atoms with van der Waals surface area (Å²) in [7, 11) is 3.58. The molecule has 4 heterocycles. The van der Waals surface area contributed by atoms with Crippen LogP contribution in [-0.2, 0) is 14.2 Å². The molecule has 1 spiro atoms. The Hall–Kier alpha value is -0.240. The van der Waals surface area contributed by atoms with Gasteiger partial charge in [0, 0.05) is 61.2 Å². The van der Waals surface area contributed by atoms with Gasteiger partial charge in [-0.15, -0.1) is 0 Å². The maximum Gasteiger partial charge on any atom is 0.117 e. The van der Waals surface area contributed by atoms with Crippen LogP contribution in [0.25, 0.3) is 0 Å². The zero-order valence-corrected chi connectivity index (χ0v) is 18.0. The number of piperidine rings is 1. The molecule has 5 saturated carbocycles. The third-order valence-electron chi connectivity index (χ3n) is 11.3. The number of aliphatic hydroxyl groups excluding tert-OH is 1. The summed E-state index contributed by atoms with van der Waals surface area (Å²) in [5, 5.41) is 23.8. The van der Waals surface area contributed by atoms with Crippen LogP contribution in [-0.4, -0.2) is 78.2 Å². The molecule has 5 aliphatic carbocycles. The van der Waals surface area contributed by atoms with Crippen LogP contribution in [0.1, 0.15) is 39.5 Å². The Labute approximate surface area is 172 Å². The first-order valence-electron chi connectivity index (χ1n) is 11.8. The summed E-state index contributed by atoms with van der Waals surface area (Å²) < 4.78 is 19.0. The van der Waals surface area contributed by atoms with Gasteiger partial charge < -0.3 is 24.4 Å². The van der Waals surface area contributed by atoms with Crippen molar-refractivity contribution in [2.45, 2.75) is 81.8 Å². The van der Waals surface area contributed by atoms with Crippen LogP contribution in [0.4, 0.5) is 0 Å². The Kier molecular flexibility index (Phi) is 3.30. The monoisotopic (exact) mass is 405 g/mol. The zero-order valence-electron chi connectivity index (χ0n) is 18.0. The maximum atomic E-state index is 12.4. The van der Waals surface area contributed by atoms with Gasteiger partial charge in [0.2, 0.25) is 0 Å². The molecule has 9 fully saturated rings. The van der Waals surface area contributed by atoms with Gasteiger partial charge in [0.1, 0.15) is 6.23 Å². The van der Waals surface area contributed by atoms with Gasteiger partial charge in [-0.2, -0.15) is 0 Å². The van der Waals surface area contributed by atoms with E-state index in [1.807, 2.05) is 7.11 Å². The first-order valence-corrected chi connectivity index (χ1v) is 11.8. The van der Waals surface area contributed by atoms with Crippen LogP contribution in [0.2, 0.25) is 0 Å². The minimum atomic E-state index is -0.934. The lowest BCUT2D eigenvalue weighted by molar-refractivity contribution is -0.392. The third kappa shape index (κ3) is 1.56. The molecule has 6 heteroatoms. The van der Waals surface area contributed by atoms with Crippen molar-refractivity contribution in [2.75, 3.05) is 20.8 Å². The highest BCUT2D eigenvalue weighted by atomic mass is 16.5. The Morgan fingerprint density at radius 3 is 2.69 bits per heavy atom. The van der Waals surface area contributed by atoms with Gasteiger partial charge in [0.05, 0.1) is 30.0 Å². The molecule has 4 saturated heterocycles. The number of nitrogens with zero attached hydrogens (tertiary/aromatic N) is 1. The molecule has 0 amide bonds. The predicted molar refractivity (Wildman–Crippen MR) is 104 cm³/mol. The number of rotatable bonds is 3. The fourth-order valence-electron chi connectivity index (χ4n) is 11.0. The number of aliphatic hydroxyl groups is 2. The van der Waals surface area contributed by atoms with Crippen molar-refractivity contribution in [3.05, 3.63) is 0 Å². The summed E-state index contributed by atoms with van der Waals surface area (Å²) in [5.74, 6) is 0.745. The molecule has 14 atom stereocenters. The van der Waals surface area contributed by atoms with Gasteiger partial charge in [-0.3, -0.25) is 4.90 Å². The van der Waals surface area contributed by atoms with Crippen molar-refractivity contribution < 1.29 is 24.4 Å². The first kappa shape index (κ1) is 18.3. The van der Waals surface area contributed by atoms with E-state index in [0.29, 0.717) is 12.3 Å². The van der Waals surface area contributed by atoms with Crippen LogP contribution in [0.5, 0.6) is 0 Å². The molecule has 2 N–H and O–H groups in total. The van der Waals surface area contributed by atoms with Crippen LogP contribution in [0.3, 0.4) is 0 Å². The van der Waals surface area contributed by atoms with E-state index in [9.17, 15) is 10.2 Å². The maximum absolute atomic E-state index is 12.4. The molecule has 0 radical (unpaired) electrons. The highest BCUT2D eigenvalue weighted by molar-refractivity contribution is 5.37. The second-order valence-electron chi connectivity index (χ2n) is 11.5. The SMILES string of the molecule is CCN1C2OC3CCC2(C)C2C(OC)C4C1C32C1CC2C(OC)CC4(O)C1C2O. The van der Waals surface area contributed by atoms with E-state index in [0.717, 1.165) is 19.4 Å². The van der Waals surface area contributed by atoms with E-state index in [2.05, 4.69) is 18.7 Å². The molecule has 9 aliphatic rings. The van der Waals surface area contributed by atoms with E-state index in [1.54, 1.807) is 7.11 Å². The summed E-state index contributed by atoms with van der Waals surface area (Å²) in [5.41, 5.74) is -0.898. The average molecular weight is 406 g/mol. The third-order valence-corrected chi connectivity index (χ3v) is 11.3. The average Bonchev–Trinajstić information content (AvgIpc) is 3.14. The molecule has 14 unspecified atom stereocenters. The van der Waals surface area contributed by atoms with E-state index in [1.165, 1.54) is 6.42 Å². The Bertz CT molecular complexity index is 764. The largest absolute Gasteiger partial charge is 0.392 e. The van der Waals surface area contributed by atoms with Gasteiger partial charge in [0.25, 0.3) is 0 Å². The quantitative estimate of drug-likeness (QED) is 0.736. The Balaban J connectivity index is 1.52. The van der Waals surface area contributed by atoms with E-state index < -0.39 is 11.7 Å². The normalized spacial score (nSPS) is 68.7. The van der Waals surface area contributed by atoms with Crippen molar-refractivity contribution in [3.8, 4) is 0 Å². The molecular formula is C23H35NO5. The lowest BCUT2D eigenvalue weighted by Crippen LogP contribution is -2.82. The minimum absolute atomic E-state index is 0.0128. The van der Waals surface area contributed by atoms with E-state index in [-0.39, 0.29) is 65.1 Å². The lowest BCUT2D eigenvalue weighted by Gasteiger charge is -2.75. The number of fused-ring (bicyclic) bond motifs is 3. The number of hydrogen-bond acceptors (Lipinski definition) is 6. The molecule has 0 aromatic carbocycles. The van der Waals surface area contributed by atoms with Crippen molar-refractivity contribution in [1.29, 1.82) is 0 Å². The van der Waals surface area contributed by atoms with Crippen LogP contribution < -0.4 is 0 Å². The van der Waals surface area contributed by atoms with Crippen molar-refractivity contribution in [2.24, 2.45) is 40.4 Å². The number of ether oxygens (including phenoxy) is 3. The van der Waals surface area contributed by atoms with E-state index in [4.69, 9.17) is 14.2 Å². The fourth-order valence-corrected chi connectivity index (χ4v) is 11.0. The molecule has 9 bridgehead atoms. The number of hydrogen-bond donors (Lipinski definition) is 2. The van der Waals surface area contributed by atoms with Crippen molar-refractivity contribution in [1.82, 2.24) is 4.90 Å². The second kappa shape index (κ2) is 5.21. The first-order chi connectivity index (χ1) is 13.9. The molecule has 162 valence electrons. The predicted octanol–water partition coefficient (Wildman–Crippen LogP) is 1.24. The van der Waals surface area contributed by atoms with Gasteiger partial charge in [-0.1, -0.05) is 13.8 Å². The summed E-state index contributed by atoms with van der Waals surface area (Å²) in [6, 6.07) is 0.285. The van der Waals surface area contributed by atoms with Crippen molar-refractivity contribution >= 4 is 0 Å². The number of methoxy groups -OCH3 is 2. The molecule has 29 heavy (non-hydrogen) atoms. The Morgan fingerprint density at radius 1 is 1.21 bits per heavy atom. The highest BCUT2D eigenvalue weighted by Crippen LogP contribution is 2.82. The summed E-state index contributed by atoms with van der Waals surface area (Å²) in [6.07, 6.45) is 3.67. The van der Waals surface area contributed by atoms with Crippen LogP contribution >= 0.6 is 0 Å². The van der Waals surface area contributed by atoms with Crippen LogP contribution in [0, 0.1) is 40.4 Å². The molecular weight excluding hydrogens is 370 g/mol. The Morgan fingerprint density at radius 2 is 2.00 bits per heavy atom. The molecule has 0 aromatic rings. The molecule has 9 rings (SSSR count). The van der Waals surface area contributed by atoms with E-state index >= 15 is 0 Å². The standard InChI is InChI=1S/C23H35NO5/c1-5-24-19-15-17(28-4)18-21(2)7-6-13(29-20(21)24)23(18,19)11-8-10-12(27-3)9-22(15,26)14(11)16(10)25/h10-20,25-26H,5-9H2,1-4H3. The van der Waals surface area contributed by atoms with Crippen molar-refractivity contribution in [3.63, 3.8) is 0 Å². The summed E-state index contributed by atoms with van der Waals surface area (Å²) >= 11 is 0. The molecule has 4 aliphatic heterocycles. The molecule has 6 nitrogen and oxygen atoms in total. The smallest absolute Gasteiger partial charge is 0.117 e.